The largest absolute Gasteiger partial charge is 0.310 e. The van der Waals surface area contributed by atoms with Crippen LogP contribution in [0, 0.1) is 0 Å². The van der Waals surface area contributed by atoms with Crippen LogP contribution in [0.2, 0.25) is 0 Å². The molecule has 0 saturated carbocycles. The minimum absolute atomic E-state index is 0.0171. The molecule has 2 aliphatic rings. The predicted octanol–water partition coefficient (Wildman–Crippen LogP) is 12.1. The Morgan fingerprint density at radius 1 is 0.333 bits per heavy atom. The van der Waals surface area contributed by atoms with Crippen molar-refractivity contribution < 1.29 is 0 Å². The van der Waals surface area contributed by atoms with Crippen molar-refractivity contribution in [3.63, 3.8) is 0 Å². The molecule has 1 heteroatoms. The third-order valence-corrected chi connectivity index (χ3v) is 10.6. The summed E-state index contributed by atoms with van der Waals surface area (Å²) in [6.07, 6.45) is 0. The monoisotopic (exact) mass is 577 g/mol. The van der Waals surface area contributed by atoms with E-state index in [1.807, 2.05) is 0 Å². The summed E-state index contributed by atoms with van der Waals surface area (Å²) in [7, 11) is 0. The Morgan fingerprint density at radius 2 is 0.756 bits per heavy atom. The van der Waals surface area contributed by atoms with Crippen LogP contribution in [0.15, 0.2) is 140 Å². The first kappa shape index (κ1) is 26.3. The van der Waals surface area contributed by atoms with Crippen LogP contribution >= 0.6 is 0 Å². The molecular weight excluding hydrogens is 542 g/mol. The molecule has 1 nitrogen and oxygen atoms in total. The van der Waals surface area contributed by atoms with Crippen molar-refractivity contribution in [2.45, 2.75) is 38.5 Å². The van der Waals surface area contributed by atoms with Crippen molar-refractivity contribution in [2.75, 3.05) is 4.90 Å². The normalized spacial score (nSPS) is 15.0. The summed E-state index contributed by atoms with van der Waals surface area (Å²) >= 11 is 0. The van der Waals surface area contributed by atoms with Gasteiger partial charge in [0, 0.05) is 27.9 Å². The van der Waals surface area contributed by atoms with Gasteiger partial charge >= 0.3 is 0 Å². The average Bonchev–Trinajstić information content (AvgIpc) is 3.43. The van der Waals surface area contributed by atoms with Gasteiger partial charge in [-0.2, -0.15) is 0 Å². The molecule has 216 valence electrons. The minimum Gasteiger partial charge on any atom is -0.310 e. The summed E-state index contributed by atoms with van der Waals surface area (Å²) in [6.45, 7) is 9.55. The lowest BCUT2D eigenvalue weighted by Gasteiger charge is -2.28. The molecule has 45 heavy (non-hydrogen) atoms. The fourth-order valence-electron chi connectivity index (χ4n) is 8.13. The molecule has 0 radical (unpaired) electrons. The zero-order chi connectivity index (χ0) is 30.5. The zero-order valence-electron chi connectivity index (χ0n) is 26.2. The lowest BCUT2D eigenvalue weighted by Crippen LogP contribution is -2.17. The Morgan fingerprint density at radius 3 is 1.36 bits per heavy atom. The summed E-state index contributed by atoms with van der Waals surface area (Å²) < 4.78 is 0. The van der Waals surface area contributed by atoms with Crippen molar-refractivity contribution in [1.29, 1.82) is 0 Å². The fourth-order valence-corrected chi connectivity index (χ4v) is 8.13. The maximum absolute atomic E-state index is 2.50. The summed E-state index contributed by atoms with van der Waals surface area (Å²) in [5.41, 5.74) is 14.5. The number of fused-ring (bicyclic) bond motifs is 8. The van der Waals surface area contributed by atoms with E-state index in [4.69, 9.17) is 0 Å². The van der Waals surface area contributed by atoms with Crippen LogP contribution in [0.3, 0.4) is 0 Å². The Bertz CT molecular complexity index is 2260. The van der Waals surface area contributed by atoms with Crippen molar-refractivity contribution in [1.82, 2.24) is 0 Å². The van der Waals surface area contributed by atoms with Gasteiger partial charge in [-0.1, -0.05) is 119 Å². The van der Waals surface area contributed by atoms with Gasteiger partial charge in [-0.15, -0.1) is 0 Å². The van der Waals surface area contributed by atoms with Crippen LogP contribution in [0.1, 0.15) is 49.9 Å². The number of benzene rings is 7. The SMILES string of the molecule is CC1(C)c2ccccc2-c2cc3c(cc21)-c1ccc(N(c2ccc4ccccc4c2)c2ccc4ccccc4c2)cc1C3(C)C. The van der Waals surface area contributed by atoms with E-state index in [1.165, 1.54) is 71.7 Å². The number of nitrogens with zero attached hydrogens (tertiary/aromatic N) is 1. The highest BCUT2D eigenvalue weighted by Gasteiger charge is 2.41. The summed E-state index contributed by atoms with van der Waals surface area (Å²) in [6, 6.07) is 52.0. The molecule has 0 unspecified atom stereocenters. The van der Waals surface area contributed by atoms with E-state index < -0.39 is 0 Å². The van der Waals surface area contributed by atoms with Gasteiger partial charge in [-0.25, -0.2) is 0 Å². The molecule has 0 aromatic heterocycles. The molecule has 9 rings (SSSR count). The third-order valence-electron chi connectivity index (χ3n) is 10.6. The Balaban J connectivity index is 1.23. The first-order chi connectivity index (χ1) is 21.8. The van der Waals surface area contributed by atoms with Gasteiger partial charge in [0.15, 0.2) is 0 Å². The molecule has 0 heterocycles. The number of rotatable bonds is 3. The molecule has 0 aliphatic heterocycles. The second-order valence-corrected chi connectivity index (χ2v) is 13.9. The maximum Gasteiger partial charge on any atom is 0.0468 e. The van der Waals surface area contributed by atoms with Crippen LogP contribution in [-0.4, -0.2) is 0 Å². The summed E-state index contributed by atoms with van der Waals surface area (Å²) in [5, 5.41) is 4.99. The number of anilines is 3. The van der Waals surface area contributed by atoms with Crippen molar-refractivity contribution >= 4 is 38.6 Å². The van der Waals surface area contributed by atoms with E-state index >= 15 is 0 Å². The second kappa shape index (κ2) is 9.19. The summed E-state index contributed by atoms with van der Waals surface area (Å²) in [4.78, 5) is 2.43. The van der Waals surface area contributed by atoms with E-state index in [0.29, 0.717) is 0 Å². The van der Waals surface area contributed by atoms with E-state index in [9.17, 15) is 0 Å². The van der Waals surface area contributed by atoms with Gasteiger partial charge in [-0.05, 0) is 115 Å². The highest BCUT2D eigenvalue weighted by Crippen LogP contribution is 2.56. The van der Waals surface area contributed by atoms with Crippen LogP contribution in [0.5, 0.6) is 0 Å². The second-order valence-electron chi connectivity index (χ2n) is 13.9. The van der Waals surface area contributed by atoms with E-state index in [1.54, 1.807) is 0 Å². The van der Waals surface area contributed by atoms with Gasteiger partial charge in [0.1, 0.15) is 0 Å². The molecular formula is C44H35N. The lowest BCUT2D eigenvalue weighted by molar-refractivity contribution is 0.652. The van der Waals surface area contributed by atoms with Gasteiger partial charge in [0.25, 0.3) is 0 Å². The highest BCUT2D eigenvalue weighted by atomic mass is 15.1. The smallest absolute Gasteiger partial charge is 0.0468 e. The molecule has 0 atom stereocenters. The molecule has 7 aromatic rings. The van der Waals surface area contributed by atoms with Crippen molar-refractivity contribution in [3.8, 4) is 22.3 Å². The minimum atomic E-state index is -0.129. The van der Waals surface area contributed by atoms with E-state index in [0.717, 1.165) is 11.4 Å². The third kappa shape index (κ3) is 3.74. The topological polar surface area (TPSA) is 3.24 Å². The van der Waals surface area contributed by atoms with Crippen LogP contribution in [0.25, 0.3) is 43.8 Å². The molecule has 7 aromatic carbocycles. The molecule has 0 N–H and O–H groups in total. The van der Waals surface area contributed by atoms with Crippen LogP contribution in [0.4, 0.5) is 17.1 Å². The maximum atomic E-state index is 2.50. The fraction of sp³-hybridized carbons (Fsp3) is 0.136. The Labute approximate surface area is 265 Å². The molecule has 2 aliphatic carbocycles. The predicted molar refractivity (Wildman–Crippen MR) is 191 cm³/mol. The lowest BCUT2D eigenvalue weighted by atomic mass is 9.79. The Kier molecular flexibility index (Phi) is 5.37. The number of hydrogen-bond acceptors (Lipinski definition) is 1. The van der Waals surface area contributed by atoms with Crippen LogP contribution in [-0.2, 0) is 10.8 Å². The van der Waals surface area contributed by atoms with Gasteiger partial charge in [0.05, 0.1) is 0 Å². The molecule has 0 spiro atoms. The van der Waals surface area contributed by atoms with E-state index in [2.05, 4.69) is 172 Å². The quantitative estimate of drug-likeness (QED) is 0.202. The molecule has 0 bridgehead atoms. The standard InChI is InChI=1S/C44H35N/c1-43(2)39-16-10-9-15-35(39)37-26-42-38(27-41(37)43)36-22-21-34(25-40(36)44(42,3)4)45(32-19-17-28-11-5-7-13-30(28)23-32)33-20-18-29-12-6-8-14-31(29)24-33/h5-27H,1-4H3. The van der Waals surface area contributed by atoms with Crippen molar-refractivity contribution in [3.05, 3.63) is 162 Å². The Hall–Kier alpha value is -5.14. The molecule has 0 amide bonds. The van der Waals surface area contributed by atoms with E-state index in [-0.39, 0.29) is 10.8 Å². The average molecular weight is 578 g/mol. The molecule has 0 saturated heterocycles. The van der Waals surface area contributed by atoms with Crippen molar-refractivity contribution in [2.24, 2.45) is 0 Å². The first-order valence-electron chi connectivity index (χ1n) is 16.0. The molecule has 0 fully saturated rings. The zero-order valence-corrected chi connectivity index (χ0v) is 26.2. The highest BCUT2D eigenvalue weighted by molar-refractivity contribution is 5.94. The van der Waals surface area contributed by atoms with Crippen LogP contribution < -0.4 is 4.90 Å². The number of hydrogen-bond donors (Lipinski definition) is 0. The van der Waals surface area contributed by atoms with Gasteiger partial charge in [-0.3, -0.25) is 0 Å². The van der Waals surface area contributed by atoms with Gasteiger partial charge in [0.2, 0.25) is 0 Å². The first-order valence-corrected chi connectivity index (χ1v) is 16.0. The van der Waals surface area contributed by atoms with Gasteiger partial charge < -0.3 is 4.90 Å². The summed E-state index contributed by atoms with van der Waals surface area (Å²) in [5.74, 6) is 0.